The Bertz CT molecular complexity index is 1300. The molecule has 1 heterocycles. The molecule has 3 aromatic carbocycles. The molecule has 0 aliphatic heterocycles. The highest BCUT2D eigenvalue weighted by Gasteiger charge is 2.34. The third-order valence-electron chi connectivity index (χ3n) is 5.32. The molecular formula is C23H18N4O4. The standard InChI is InChI=1S/C23H18N4O4/c28-23(18-9-8-15-4-1-2-5-16(15)12-18)26(19-10-11-19)14-21-24-25-22(31-21)17-6-3-7-20(13-17)27(29)30/h1-9,12-13,19H,10-11,14H2. The van der Waals surface area contributed by atoms with Crippen molar-refractivity contribution in [3.8, 4) is 11.5 Å². The molecule has 0 radical (unpaired) electrons. The third kappa shape index (κ3) is 3.87. The summed E-state index contributed by atoms with van der Waals surface area (Å²) >= 11 is 0. The molecule has 1 aliphatic rings. The van der Waals surface area contributed by atoms with E-state index in [0.717, 1.165) is 23.6 Å². The van der Waals surface area contributed by atoms with Gasteiger partial charge in [0, 0.05) is 29.3 Å². The molecule has 4 aromatic rings. The van der Waals surface area contributed by atoms with Crippen molar-refractivity contribution in [1.82, 2.24) is 15.1 Å². The molecule has 0 atom stereocenters. The summed E-state index contributed by atoms with van der Waals surface area (Å²) in [6.07, 6.45) is 1.87. The SMILES string of the molecule is O=C(c1ccc2ccccc2c1)N(Cc1nnc(-c2cccc([N+](=O)[O-])c2)o1)C1CC1. The number of benzene rings is 3. The summed E-state index contributed by atoms with van der Waals surface area (Å²) in [5, 5.41) is 21.2. The lowest BCUT2D eigenvalue weighted by Gasteiger charge is -2.20. The van der Waals surface area contributed by atoms with Crippen LogP contribution in [0.4, 0.5) is 5.69 Å². The lowest BCUT2D eigenvalue weighted by molar-refractivity contribution is -0.384. The van der Waals surface area contributed by atoms with Gasteiger partial charge in [0.15, 0.2) is 0 Å². The smallest absolute Gasteiger partial charge is 0.270 e. The Hall–Kier alpha value is -4.07. The summed E-state index contributed by atoms with van der Waals surface area (Å²) in [5.74, 6) is 0.401. The van der Waals surface area contributed by atoms with Crippen molar-refractivity contribution in [3.63, 3.8) is 0 Å². The van der Waals surface area contributed by atoms with Gasteiger partial charge in [-0.3, -0.25) is 14.9 Å². The number of hydrogen-bond donors (Lipinski definition) is 0. The van der Waals surface area contributed by atoms with Gasteiger partial charge in [-0.15, -0.1) is 10.2 Å². The number of amides is 1. The molecule has 1 fully saturated rings. The average molecular weight is 414 g/mol. The van der Waals surface area contributed by atoms with Crippen LogP contribution in [-0.2, 0) is 6.54 Å². The van der Waals surface area contributed by atoms with Crippen LogP contribution in [0, 0.1) is 10.1 Å². The van der Waals surface area contributed by atoms with Gasteiger partial charge in [-0.05, 0) is 41.8 Å². The first-order valence-corrected chi connectivity index (χ1v) is 9.95. The number of rotatable bonds is 6. The fourth-order valence-corrected chi connectivity index (χ4v) is 3.57. The van der Waals surface area contributed by atoms with Crippen LogP contribution in [0.15, 0.2) is 71.1 Å². The minimum atomic E-state index is -0.474. The number of non-ortho nitro benzene ring substituents is 1. The largest absolute Gasteiger partial charge is 0.419 e. The van der Waals surface area contributed by atoms with Gasteiger partial charge >= 0.3 is 0 Å². The molecule has 0 unspecified atom stereocenters. The van der Waals surface area contributed by atoms with Crippen molar-refractivity contribution in [3.05, 3.63) is 88.3 Å². The third-order valence-corrected chi connectivity index (χ3v) is 5.32. The second-order valence-corrected chi connectivity index (χ2v) is 7.53. The van der Waals surface area contributed by atoms with Gasteiger partial charge in [-0.1, -0.05) is 36.4 Å². The second-order valence-electron chi connectivity index (χ2n) is 7.53. The summed E-state index contributed by atoms with van der Waals surface area (Å²) in [4.78, 5) is 25.5. The molecule has 31 heavy (non-hydrogen) atoms. The average Bonchev–Trinajstić information content (AvgIpc) is 3.54. The number of nitrogens with zero attached hydrogens (tertiary/aromatic N) is 4. The minimum Gasteiger partial charge on any atom is -0.419 e. The van der Waals surface area contributed by atoms with Gasteiger partial charge in [-0.25, -0.2) is 0 Å². The first-order chi connectivity index (χ1) is 15.1. The number of fused-ring (bicyclic) bond motifs is 1. The molecule has 1 aromatic heterocycles. The van der Waals surface area contributed by atoms with Gasteiger partial charge in [0.25, 0.3) is 11.6 Å². The topological polar surface area (TPSA) is 102 Å². The maximum Gasteiger partial charge on any atom is 0.270 e. The maximum absolute atomic E-state index is 13.2. The van der Waals surface area contributed by atoms with Crippen LogP contribution in [0.1, 0.15) is 29.1 Å². The van der Waals surface area contributed by atoms with Crippen molar-refractivity contribution in [1.29, 1.82) is 0 Å². The predicted molar refractivity (Wildman–Crippen MR) is 113 cm³/mol. The quantitative estimate of drug-likeness (QED) is 0.337. The zero-order valence-electron chi connectivity index (χ0n) is 16.5. The lowest BCUT2D eigenvalue weighted by atomic mass is 10.1. The zero-order valence-corrected chi connectivity index (χ0v) is 16.5. The molecule has 1 amide bonds. The van der Waals surface area contributed by atoms with E-state index in [1.165, 1.54) is 12.1 Å². The van der Waals surface area contributed by atoms with Crippen molar-refractivity contribution in [2.24, 2.45) is 0 Å². The molecule has 154 valence electrons. The number of carbonyl (C=O) groups excluding carboxylic acids is 1. The van der Waals surface area contributed by atoms with E-state index in [9.17, 15) is 14.9 Å². The number of nitro groups is 1. The molecule has 0 spiro atoms. The molecule has 0 N–H and O–H groups in total. The number of carbonyl (C=O) groups is 1. The monoisotopic (exact) mass is 414 g/mol. The van der Waals surface area contributed by atoms with Gasteiger partial charge in [-0.2, -0.15) is 0 Å². The Balaban J connectivity index is 1.39. The first kappa shape index (κ1) is 18.9. The van der Waals surface area contributed by atoms with Gasteiger partial charge in [0.05, 0.1) is 11.5 Å². The van der Waals surface area contributed by atoms with Gasteiger partial charge in [0.2, 0.25) is 11.8 Å². The number of hydrogen-bond acceptors (Lipinski definition) is 6. The normalized spacial score (nSPS) is 13.3. The Morgan fingerprint density at radius 2 is 1.84 bits per heavy atom. The summed E-state index contributed by atoms with van der Waals surface area (Å²) in [5.41, 5.74) is 1.03. The van der Waals surface area contributed by atoms with Gasteiger partial charge in [0.1, 0.15) is 0 Å². The first-order valence-electron chi connectivity index (χ1n) is 9.95. The van der Waals surface area contributed by atoms with E-state index in [4.69, 9.17) is 4.42 Å². The van der Waals surface area contributed by atoms with Crippen LogP contribution in [0.2, 0.25) is 0 Å². The summed E-state index contributed by atoms with van der Waals surface area (Å²) < 4.78 is 5.73. The maximum atomic E-state index is 13.2. The van der Waals surface area contributed by atoms with Crippen molar-refractivity contribution < 1.29 is 14.1 Å². The minimum absolute atomic E-state index is 0.0525. The van der Waals surface area contributed by atoms with Crippen LogP contribution in [-0.4, -0.2) is 32.0 Å². The van der Waals surface area contributed by atoms with E-state index in [1.54, 1.807) is 17.0 Å². The predicted octanol–water partition coefficient (Wildman–Crippen LogP) is 4.60. The highest BCUT2D eigenvalue weighted by molar-refractivity contribution is 5.98. The van der Waals surface area contributed by atoms with Crippen molar-refractivity contribution in [2.45, 2.75) is 25.4 Å². The van der Waals surface area contributed by atoms with E-state index < -0.39 is 4.92 Å². The Kier molecular flexibility index (Phi) is 4.66. The van der Waals surface area contributed by atoms with Crippen LogP contribution >= 0.6 is 0 Å². The summed E-state index contributed by atoms with van der Waals surface area (Å²) in [6, 6.07) is 19.8. The van der Waals surface area contributed by atoms with E-state index in [0.29, 0.717) is 17.0 Å². The molecular weight excluding hydrogens is 396 g/mol. The van der Waals surface area contributed by atoms with Crippen LogP contribution in [0.5, 0.6) is 0 Å². The van der Waals surface area contributed by atoms with E-state index in [1.807, 2.05) is 42.5 Å². The number of aromatic nitrogens is 2. The Morgan fingerprint density at radius 3 is 2.61 bits per heavy atom. The molecule has 8 heteroatoms. The molecule has 0 bridgehead atoms. The lowest BCUT2D eigenvalue weighted by Crippen LogP contribution is -2.32. The van der Waals surface area contributed by atoms with Crippen LogP contribution in [0.25, 0.3) is 22.2 Å². The molecule has 1 saturated carbocycles. The highest BCUT2D eigenvalue weighted by Crippen LogP contribution is 2.31. The van der Waals surface area contributed by atoms with E-state index >= 15 is 0 Å². The molecule has 8 nitrogen and oxygen atoms in total. The van der Waals surface area contributed by atoms with Gasteiger partial charge < -0.3 is 9.32 Å². The zero-order chi connectivity index (χ0) is 21.4. The van der Waals surface area contributed by atoms with E-state index in [2.05, 4.69) is 10.2 Å². The Morgan fingerprint density at radius 1 is 1.03 bits per heavy atom. The molecule has 0 saturated heterocycles. The van der Waals surface area contributed by atoms with E-state index in [-0.39, 0.29) is 30.1 Å². The highest BCUT2D eigenvalue weighted by atomic mass is 16.6. The molecule has 1 aliphatic carbocycles. The molecule has 5 rings (SSSR count). The van der Waals surface area contributed by atoms with Crippen LogP contribution in [0.3, 0.4) is 0 Å². The fourth-order valence-electron chi connectivity index (χ4n) is 3.57. The summed E-state index contributed by atoms with van der Waals surface area (Å²) in [7, 11) is 0. The van der Waals surface area contributed by atoms with Crippen molar-refractivity contribution >= 4 is 22.4 Å². The Labute approximate surface area is 177 Å². The number of nitro benzene ring substituents is 1. The fraction of sp³-hybridized carbons (Fsp3) is 0.174. The second kappa shape index (κ2) is 7.64. The van der Waals surface area contributed by atoms with Crippen molar-refractivity contribution in [2.75, 3.05) is 0 Å². The summed E-state index contributed by atoms with van der Waals surface area (Å²) in [6.45, 7) is 0.193. The van der Waals surface area contributed by atoms with Crippen LogP contribution < -0.4 is 0 Å².